The average Bonchev–Trinajstić information content (AvgIpc) is 2.87. The highest BCUT2D eigenvalue weighted by molar-refractivity contribution is 6.03. The molecule has 2 aromatic rings. The molecular weight excluding hydrogens is 370 g/mol. The van der Waals surface area contributed by atoms with Crippen molar-refractivity contribution in [2.75, 3.05) is 6.54 Å². The summed E-state index contributed by atoms with van der Waals surface area (Å²) in [4.78, 5) is 11.3. The normalized spacial score (nSPS) is 20.2. The molecule has 1 saturated heterocycles. The van der Waals surface area contributed by atoms with Crippen molar-refractivity contribution in [1.82, 2.24) is 9.88 Å². The van der Waals surface area contributed by atoms with Gasteiger partial charge in [0.15, 0.2) is 0 Å². The summed E-state index contributed by atoms with van der Waals surface area (Å²) in [6, 6.07) is 3.99. The Morgan fingerprint density at radius 3 is 2.84 bits per heavy atom. The van der Waals surface area contributed by atoms with E-state index in [0.717, 1.165) is 19.4 Å². The molecule has 0 saturated carbocycles. The fraction of sp³-hybridized carbons (Fsp3) is 0.353. The number of hydrogen-bond donors (Lipinski definition) is 3. The quantitative estimate of drug-likeness (QED) is 0.701. The first-order valence-electron chi connectivity index (χ1n) is 7.66. The number of carboxylic acid groups (broad SMARTS) is 1. The Labute approximate surface area is 157 Å². The summed E-state index contributed by atoms with van der Waals surface area (Å²) in [5.74, 6) is -1.43. The molecule has 0 bridgehead atoms. The second-order valence-corrected chi connectivity index (χ2v) is 5.78. The average molecular weight is 391 g/mol. The fourth-order valence-corrected chi connectivity index (χ4v) is 3.00. The Bertz CT molecular complexity index is 764. The molecule has 0 spiro atoms. The first kappa shape index (κ1) is 21.4. The highest BCUT2D eigenvalue weighted by Crippen LogP contribution is 2.23. The van der Waals surface area contributed by atoms with Crippen LogP contribution < -0.4 is 5.32 Å². The van der Waals surface area contributed by atoms with Crippen LogP contribution in [0.25, 0.3) is 10.9 Å². The van der Waals surface area contributed by atoms with Crippen LogP contribution in [0.5, 0.6) is 0 Å². The fourth-order valence-electron chi connectivity index (χ4n) is 3.00. The molecule has 0 unspecified atom stereocenters. The minimum Gasteiger partial charge on any atom is -0.478 e. The molecule has 3 rings (SSSR count). The van der Waals surface area contributed by atoms with E-state index in [4.69, 9.17) is 0 Å². The van der Waals surface area contributed by atoms with Gasteiger partial charge >= 0.3 is 5.97 Å². The maximum Gasteiger partial charge on any atom is 0.337 e. The number of rotatable bonds is 4. The number of aromatic nitrogens is 1. The minimum absolute atomic E-state index is 0. The minimum atomic E-state index is -1.03. The summed E-state index contributed by atoms with van der Waals surface area (Å²) in [6.07, 6.45) is 6.57. The van der Waals surface area contributed by atoms with Crippen LogP contribution in [0.15, 0.2) is 36.5 Å². The second kappa shape index (κ2) is 9.20. The van der Waals surface area contributed by atoms with Crippen molar-refractivity contribution in [1.29, 1.82) is 0 Å². The zero-order valence-corrected chi connectivity index (χ0v) is 15.0. The monoisotopic (exact) mass is 390 g/mol. The Kier molecular flexibility index (Phi) is 7.89. The van der Waals surface area contributed by atoms with E-state index < -0.39 is 17.9 Å². The predicted molar refractivity (Wildman–Crippen MR) is 99.5 cm³/mol. The standard InChI is InChI=1S/C17H19FN2O3.2ClH/c18-11-5-6-12-13(17(22)23)10-20(15(12)9-11)8-2-3-14-16(21)4-1-7-19-14;;/h2-3,5-6,9-10,14,16,19,21H,1,4,7-8H2,(H,22,23);2*1H/b3-2+;;/t14-,16+;;/m1../s1. The number of aromatic carboxylic acids is 1. The van der Waals surface area contributed by atoms with Crippen LogP contribution in [0.3, 0.4) is 0 Å². The molecule has 138 valence electrons. The van der Waals surface area contributed by atoms with E-state index in [2.05, 4.69) is 5.32 Å². The Morgan fingerprint density at radius 2 is 2.16 bits per heavy atom. The van der Waals surface area contributed by atoms with Gasteiger partial charge in [0.05, 0.1) is 23.2 Å². The lowest BCUT2D eigenvalue weighted by Gasteiger charge is -2.26. The molecule has 1 aromatic heterocycles. The van der Waals surface area contributed by atoms with Gasteiger partial charge in [-0.15, -0.1) is 24.8 Å². The maximum atomic E-state index is 13.5. The van der Waals surface area contributed by atoms with Gasteiger partial charge in [0, 0.05) is 18.1 Å². The van der Waals surface area contributed by atoms with Crippen molar-refractivity contribution in [3.63, 3.8) is 0 Å². The molecule has 0 aliphatic carbocycles. The lowest BCUT2D eigenvalue weighted by molar-refractivity contribution is 0.0698. The molecular formula is C17H21Cl2FN2O3. The molecule has 1 fully saturated rings. The highest BCUT2D eigenvalue weighted by atomic mass is 35.5. The number of fused-ring (bicyclic) bond motifs is 1. The molecule has 25 heavy (non-hydrogen) atoms. The van der Waals surface area contributed by atoms with Gasteiger partial charge in [-0.25, -0.2) is 9.18 Å². The number of allylic oxidation sites excluding steroid dienone is 1. The van der Waals surface area contributed by atoms with Crippen molar-refractivity contribution in [3.8, 4) is 0 Å². The van der Waals surface area contributed by atoms with Crippen molar-refractivity contribution >= 4 is 41.7 Å². The number of nitrogens with zero attached hydrogens (tertiary/aromatic N) is 1. The van der Waals surface area contributed by atoms with Crippen molar-refractivity contribution in [2.45, 2.75) is 31.5 Å². The van der Waals surface area contributed by atoms with Crippen LogP contribution in [0.2, 0.25) is 0 Å². The number of carbonyl (C=O) groups is 1. The van der Waals surface area contributed by atoms with E-state index in [0.29, 0.717) is 17.4 Å². The third-order valence-electron chi connectivity index (χ3n) is 4.19. The summed E-state index contributed by atoms with van der Waals surface area (Å²) < 4.78 is 15.2. The Morgan fingerprint density at radius 1 is 1.40 bits per heavy atom. The van der Waals surface area contributed by atoms with Gasteiger partial charge < -0.3 is 20.1 Å². The van der Waals surface area contributed by atoms with Gasteiger partial charge in [0.25, 0.3) is 0 Å². The van der Waals surface area contributed by atoms with Crippen molar-refractivity contribution in [3.05, 3.63) is 47.9 Å². The zero-order chi connectivity index (χ0) is 16.4. The van der Waals surface area contributed by atoms with Crippen LogP contribution in [-0.4, -0.2) is 39.4 Å². The van der Waals surface area contributed by atoms with Crippen molar-refractivity contribution in [2.24, 2.45) is 0 Å². The van der Waals surface area contributed by atoms with Gasteiger partial charge in [0.1, 0.15) is 5.82 Å². The van der Waals surface area contributed by atoms with E-state index in [9.17, 15) is 19.4 Å². The molecule has 3 N–H and O–H groups in total. The van der Waals surface area contributed by atoms with E-state index >= 15 is 0 Å². The van der Waals surface area contributed by atoms with Crippen LogP contribution >= 0.6 is 24.8 Å². The third-order valence-corrected chi connectivity index (χ3v) is 4.19. The number of halogens is 3. The molecule has 2 heterocycles. The van der Waals surface area contributed by atoms with E-state index in [-0.39, 0.29) is 36.4 Å². The number of benzene rings is 1. The van der Waals surface area contributed by atoms with E-state index in [1.165, 1.54) is 24.4 Å². The van der Waals surface area contributed by atoms with Gasteiger partial charge in [-0.05, 0) is 37.6 Å². The number of hydrogen-bond acceptors (Lipinski definition) is 3. The second-order valence-electron chi connectivity index (χ2n) is 5.78. The molecule has 0 radical (unpaired) electrons. The van der Waals surface area contributed by atoms with Crippen LogP contribution in [-0.2, 0) is 6.54 Å². The molecule has 1 aromatic carbocycles. The molecule has 0 amide bonds. The number of carboxylic acids is 1. The number of aliphatic hydroxyl groups is 1. The maximum absolute atomic E-state index is 13.5. The topological polar surface area (TPSA) is 74.5 Å². The number of piperidine rings is 1. The van der Waals surface area contributed by atoms with E-state index in [1.807, 2.05) is 12.2 Å². The van der Waals surface area contributed by atoms with Gasteiger partial charge in [0.2, 0.25) is 0 Å². The first-order chi connectivity index (χ1) is 11.1. The Hall–Kier alpha value is -1.60. The molecule has 8 heteroatoms. The lowest BCUT2D eigenvalue weighted by atomic mass is 10.0. The Balaban J connectivity index is 0.00000156. The summed E-state index contributed by atoms with van der Waals surface area (Å²) in [7, 11) is 0. The SMILES string of the molecule is Cl.Cl.O=C(O)c1cn(C/C=C/[C@H]2NCCC[C@@H]2O)c2cc(F)ccc12. The molecule has 1 aliphatic rings. The summed E-state index contributed by atoms with van der Waals surface area (Å²) in [5, 5.41) is 22.9. The smallest absolute Gasteiger partial charge is 0.337 e. The number of nitrogens with one attached hydrogen (secondary N) is 1. The van der Waals surface area contributed by atoms with Crippen molar-refractivity contribution < 1.29 is 19.4 Å². The van der Waals surface area contributed by atoms with Gasteiger partial charge in [-0.3, -0.25) is 0 Å². The van der Waals surface area contributed by atoms with Gasteiger partial charge in [-0.2, -0.15) is 0 Å². The number of aliphatic hydroxyl groups excluding tert-OH is 1. The van der Waals surface area contributed by atoms with Crippen LogP contribution in [0, 0.1) is 5.82 Å². The lowest BCUT2D eigenvalue weighted by Crippen LogP contribution is -2.43. The van der Waals surface area contributed by atoms with Crippen LogP contribution in [0.1, 0.15) is 23.2 Å². The third kappa shape index (κ3) is 4.73. The predicted octanol–water partition coefficient (Wildman–Crippen LogP) is 2.99. The molecule has 1 aliphatic heterocycles. The van der Waals surface area contributed by atoms with Crippen LogP contribution in [0.4, 0.5) is 4.39 Å². The summed E-state index contributed by atoms with van der Waals surface area (Å²) in [6.45, 7) is 1.28. The summed E-state index contributed by atoms with van der Waals surface area (Å²) >= 11 is 0. The molecule has 2 atom stereocenters. The largest absolute Gasteiger partial charge is 0.478 e. The highest BCUT2D eigenvalue weighted by Gasteiger charge is 2.19. The van der Waals surface area contributed by atoms with E-state index in [1.54, 1.807) is 4.57 Å². The summed E-state index contributed by atoms with van der Waals surface area (Å²) in [5.41, 5.74) is 0.702. The van der Waals surface area contributed by atoms with Gasteiger partial charge in [-0.1, -0.05) is 12.2 Å². The first-order valence-corrected chi connectivity index (χ1v) is 7.66. The zero-order valence-electron chi connectivity index (χ0n) is 13.4. The molecule has 5 nitrogen and oxygen atoms in total.